The lowest BCUT2D eigenvalue weighted by molar-refractivity contribution is 0.930. The van der Waals surface area contributed by atoms with Crippen molar-refractivity contribution >= 4 is 49.6 Å². The molecule has 0 unspecified atom stereocenters. The van der Waals surface area contributed by atoms with Crippen LogP contribution in [0.3, 0.4) is 0 Å². The Labute approximate surface area is 296 Å². The molecule has 0 atom stereocenters. The fourth-order valence-electron chi connectivity index (χ4n) is 7.32. The Bertz CT molecular complexity index is 2710. The summed E-state index contributed by atoms with van der Waals surface area (Å²) in [5.41, 5.74) is 11.1. The van der Waals surface area contributed by atoms with E-state index in [1.165, 1.54) is 38.2 Å². The first-order valence-corrected chi connectivity index (χ1v) is 17.3. The van der Waals surface area contributed by atoms with Gasteiger partial charge >= 0.3 is 5.69 Å². The number of aryl methyl sites for hydroxylation is 2. The zero-order valence-electron chi connectivity index (χ0n) is 28.5. The minimum absolute atomic E-state index is 0.109. The first kappa shape index (κ1) is 30.4. The molecule has 0 N–H and O–H groups in total. The van der Waals surface area contributed by atoms with Crippen LogP contribution in [0.1, 0.15) is 11.1 Å². The summed E-state index contributed by atoms with van der Waals surface area (Å²) in [5.74, 6) is 0. The first-order chi connectivity index (χ1) is 25.0. The minimum Gasteiger partial charge on any atom is -0.311 e. The fraction of sp³-hybridized carbons (Fsp3) is 0.0426. The lowest BCUT2D eigenvalue weighted by Crippen LogP contribution is -2.22. The molecule has 0 bridgehead atoms. The normalized spacial score (nSPS) is 11.4. The van der Waals surface area contributed by atoms with Crippen LogP contribution in [0.15, 0.2) is 181 Å². The summed E-state index contributed by atoms with van der Waals surface area (Å²) in [6, 6.07) is 61.2. The molecule has 0 fully saturated rings. The van der Waals surface area contributed by atoms with Crippen LogP contribution in [0.5, 0.6) is 0 Å². The zero-order chi connectivity index (χ0) is 34.5. The average molecular weight is 658 g/mol. The summed E-state index contributed by atoms with van der Waals surface area (Å²) in [5, 5.41) is 4.91. The molecule has 0 amide bonds. The Hall–Kier alpha value is -6.65. The third-order valence-electron chi connectivity index (χ3n) is 9.90. The summed E-state index contributed by atoms with van der Waals surface area (Å²) in [7, 11) is 0. The molecular weight excluding hydrogens is 623 g/mol. The van der Waals surface area contributed by atoms with E-state index in [-0.39, 0.29) is 5.69 Å². The predicted molar refractivity (Wildman–Crippen MR) is 213 cm³/mol. The molecule has 0 radical (unpaired) electrons. The molecule has 8 aromatic carbocycles. The van der Waals surface area contributed by atoms with Crippen LogP contribution in [0.2, 0.25) is 0 Å². The number of anilines is 3. The predicted octanol–water partition coefficient (Wildman–Crippen LogP) is 11.8. The highest BCUT2D eigenvalue weighted by molar-refractivity contribution is 6.13. The molecule has 4 heteroatoms. The molecule has 51 heavy (non-hydrogen) atoms. The van der Waals surface area contributed by atoms with Crippen LogP contribution in [-0.4, -0.2) is 9.13 Å². The summed E-state index contributed by atoms with van der Waals surface area (Å²) in [6.07, 6.45) is 0. The Balaban J connectivity index is 1.12. The molecule has 9 rings (SSSR count). The smallest absolute Gasteiger partial charge is 0.311 e. The van der Waals surface area contributed by atoms with Gasteiger partial charge in [-0.2, -0.15) is 0 Å². The molecule has 0 aliphatic rings. The van der Waals surface area contributed by atoms with E-state index < -0.39 is 0 Å². The average Bonchev–Trinajstić information content (AvgIpc) is 3.48. The van der Waals surface area contributed by atoms with Gasteiger partial charge in [0.15, 0.2) is 0 Å². The fourth-order valence-corrected chi connectivity index (χ4v) is 7.32. The van der Waals surface area contributed by atoms with Gasteiger partial charge in [0.05, 0.1) is 22.4 Å². The molecular formula is C47H35N3O. The van der Waals surface area contributed by atoms with Gasteiger partial charge in [0.2, 0.25) is 0 Å². The van der Waals surface area contributed by atoms with Gasteiger partial charge in [-0.05, 0) is 125 Å². The largest absolute Gasteiger partial charge is 0.338 e. The van der Waals surface area contributed by atoms with E-state index in [1.54, 1.807) is 0 Å². The number of imidazole rings is 1. The second-order valence-corrected chi connectivity index (χ2v) is 13.2. The van der Waals surface area contributed by atoms with Crippen LogP contribution in [0.4, 0.5) is 17.1 Å². The standard InChI is InChI=1S/C47H35N3O/c1-32-15-21-36(22-16-32)48(37-23-17-33(2)18-24-37)38-27-29-40(30-28-38)50-46-14-8-7-13-45(46)49(47(50)51)39-25-19-34(20-26-39)44-31-35-9-3-4-10-41(35)42-11-5-6-12-43(42)44/h3-31H,1-2H3. The van der Waals surface area contributed by atoms with E-state index >= 15 is 0 Å². The maximum atomic E-state index is 14.4. The van der Waals surface area contributed by atoms with E-state index in [1.807, 2.05) is 45.5 Å². The van der Waals surface area contributed by atoms with Gasteiger partial charge in [-0.1, -0.05) is 108 Å². The second-order valence-electron chi connectivity index (χ2n) is 13.2. The summed E-state index contributed by atoms with van der Waals surface area (Å²) < 4.78 is 3.63. The highest BCUT2D eigenvalue weighted by Gasteiger charge is 2.18. The van der Waals surface area contributed by atoms with E-state index in [0.717, 1.165) is 45.0 Å². The Morgan fingerprint density at radius 2 is 0.863 bits per heavy atom. The number of nitrogens with zero attached hydrogens (tertiary/aromatic N) is 3. The van der Waals surface area contributed by atoms with Gasteiger partial charge < -0.3 is 4.90 Å². The summed E-state index contributed by atoms with van der Waals surface area (Å²) >= 11 is 0. The lowest BCUT2D eigenvalue weighted by atomic mass is 9.93. The van der Waals surface area contributed by atoms with E-state index in [9.17, 15) is 4.79 Å². The van der Waals surface area contributed by atoms with Crippen molar-refractivity contribution in [1.82, 2.24) is 9.13 Å². The van der Waals surface area contributed by atoms with Crippen LogP contribution in [-0.2, 0) is 0 Å². The number of benzene rings is 8. The van der Waals surface area contributed by atoms with Crippen molar-refractivity contribution in [3.63, 3.8) is 0 Å². The van der Waals surface area contributed by atoms with E-state index in [4.69, 9.17) is 0 Å². The van der Waals surface area contributed by atoms with Gasteiger partial charge in [0, 0.05) is 17.1 Å². The summed E-state index contributed by atoms with van der Waals surface area (Å²) in [6.45, 7) is 4.20. The van der Waals surface area contributed by atoms with Crippen molar-refractivity contribution in [2.24, 2.45) is 0 Å². The maximum Gasteiger partial charge on any atom is 0.338 e. The van der Waals surface area contributed by atoms with Crippen molar-refractivity contribution < 1.29 is 0 Å². The van der Waals surface area contributed by atoms with E-state index in [0.29, 0.717) is 0 Å². The third kappa shape index (κ3) is 5.29. The first-order valence-electron chi connectivity index (χ1n) is 17.3. The maximum absolute atomic E-state index is 14.4. The van der Waals surface area contributed by atoms with Crippen molar-refractivity contribution in [1.29, 1.82) is 0 Å². The van der Waals surface area contributed by atoms with Gasteiger partial charge in [-0.3, -0.25) is 9.13 Å². The second kappa shape index (κ2) is 12.3. The van der Waals surface area contributed by atoms with Crippen LogP contribution in [0, 0.1) is 13.8 Å². The molecule has 0 spiro atoms. The van der Waals surface area contributed by atoms with Crippen LogP contribution in [0.25, 0.3) is 55.1 Å². The molecule has 0 aliphatic heterocycles. The van der Waals surface area contributed by atoms with Crippen molar-refractivity contribution in [3.8, 4) is 22.5 Å². The Kier molecular flexibility index (Phi) is 7.36. The quantitative estimate of drug-likeness (QED) is 0.167. The summed E-state index contributed by atoms with van der Waals surface area (Å²) in [4.78, 5) is 16.7. The number of hydrogen-bond acceptors (Lipinski definition) is 2. The topological polar surface area (TPSA) is 30.2 Å². The molecule has 0 saturated carbocycles. The van der Waals surface area contributed by atoms with Gasteiger partial charge in [-0.25, -0.2) is 4.79 Å². The third-order valence-corrected chi connectivity index (χ3v) is 9.90. The zero-order valence-corrected chi connectivity index (χ0v) is 28.5. The van der Waals surface area contributed by atoms with Crippen LogP contribution >= 0.6 is 0 Å². The number of fused-ring (bicyclic) bond motifs is 4. The van der Waals surface area contributed by atoms with Gasteiger partial charge in [0.25, 0.3) is 0 Å². The van der Waals surface area contributed by atoms with Crippen molar-refractivity contribution in [3.05, 3.63) is 198 Å². The molecule has 0 aliphatic carbocycles. The van der Waals surface area contributed by atoms with Gasteiger partial charge in [0.1, 0.15) is 0 Å². The van der Waals surface area contributed by atoms with Crippen molar-refractivity contribution in [2.75, 3.05) is 4.90 Å². The number of hydrogen-bond donors (Lipinski definition) is 0. The van der Waals surface area contributed by atoms with Gasteiger partial charge in [-0.15, -0.1) is 0 Å². The molecule has 1 heterocycles. The van der Waals surface area contributed by atoms with Crippen LogP contribution < -0.4 is 10.6 Å². The Morgan fingerprint density at radius 1 is 0.431 bits per heavy atom. The SMILES string of the molecule is Cc1ccc(N(c2ccc(C)cc2)c2ccc(-n3c(=O)n(-c4ccc(-c5cc6ccccc6c6ccccc56)cc4)c4ccccc43)cc2)cc1. The molecule has 4 nitrogen and oxygen atoms in total. The molecule has 0 saturated heterocycles. The lowest BCUT2D eigenvalue weighted by Gasteiger charge is -2.26. The number of aromatic nitrogens is 2. The highest BCUT2D eigenvalue weighted by atomic mass is 16.1. The molecule has 9 aromatic rings. The highest BCUT2D eigenvalue weighted by Crippen LogP contribution is 2.37. The number of rotatable bonds is 6. The van der Waals surface area contributed by atoms with E-state index in [2.05, 4.69) is 158 Å². The minimum atomic E-state index is -0.109. The monoisotopic (exact) mass is 657 g/mol. The molecule has 1 aromatic heterocycles. The molecule has 244 valence electrons. The Morgan fingerprint density at radius 3 is 1.41 bits per heavy atom. The number of para-hydroxylation sites is 2. The van der Waals surface area contributed by atoms with Crippen molar-refractivity contribution in [2.45, 2.75) is 13.8 Å².